The third-order valence-corrected chi connectivity index (χ3v) is 13.8. The molecule has 2 heterocycles. The predicted molar refractivity (Wildman–Crippen MR) is 255 cm³/mol. The van der Waals surface area contributed by atoms with Crippen molar-refractivity contribution in [1.29, 1.82) is 0 Å². The first-order valence-electron chi connectivity index (χ1n) is 21.6. The SMILES string of the molecule is c1ccc(C2(c3cccc(-c4ccc5oc6c(-c7cccc(C8(c9ccccc9)c9ccccc9-c9ccccc98)c7)ncnc6c5c4)c3)c3ccccc3-c3ccccc32)cc1. The minimum absolute atomic E-state index is 0.477. The first-order valence-corrected chi connectivity index (χ1v) is 21.6. The average Bonchev–Trinajstić information content (AvgIpc) is 4.00. The molecule has 3 nitrogen and oxygen atoms in total. The molecule has 2 aromatic heterocycles. The van der Waals surface area contributed by atoms with Gasteiger partial charge in [0.05, 0.1) is 10.8 Å². The van der Waals surface area contributed by atoms with Gasteiger partial charge in [-0.2, -0.15) is 0 Å². The van der Waals surface area contributed by atoms with Gasteiger partial charge in [-0.25, -0.2) is 9.97 Å². The second kappa shape index (κ2) is 13.7. The van der Waals surface area contributed by atoms with Gasteiger partial charge < -0.3 is 4.42 Å². The third-order valence-electron chi connectivity index (χ3n) is 13.8. The van der Waals surface area contributed by atoms with Crippen molar-refractivity contribution in [3.05, 3.63) is 275 Å². The summed E-state index contributed by atoms with van der Waals surface area (Å²) in [7, 11) is 0. The van der Waals surface area contributed by atoms with Gasteiger partial charge in [-0.1, -0.05) is 200 Å². The lowest BCUT2D eigenvalue weighted by Crippen LogP contribution is -2.28. The van der Waals surface area contributed by atoms with E-state index in [2.05, 4.69) is 224 Å². The smallest absolute Gasteiger partial charge is 0.180 e. The molecule has 0 radical (unpaired) electrons. The van der Waals surface area contributed by atoms with Crippen LogP contribution in [0.1, 0.15) is 44.5 Å². The lowest BCUT2D eigenvalue weighted by Gasteiger charge is -2.34. The van der Waals surface area contributed by atoms with E-state index < -0.39 is 10.8 Å². The van der Waals surface area contributed by atoms with Crippen molar-refractivity contribution >= 4 is 22.1 Å². The highest BCUT2D eigenvalue weighted by atomic mass is 16.3. The molecule has 3 heteroatoms. The molecule has 0 amide bonds. The molecule has 2 aliphatic rings. The van der Waals surface area contributed by atoms with Gasteiger partial charge in [-0.05, 0) is 102 Å². The van der Waals surface area contributed by atoms with Crippen LogP contribution >= 0.6 is 0 Å². The van der Waals surface area contributed by atoms with Crippen LogP contribution in [-0.4, -0.2) is 9.97 Å². The van der Waals surface area contributed by atoms with Crippen LogP contribution in [0.4, 0.5) is 0 Å². The van der Waals surface area contributed by atoms with E-state index in [0.29, 0.717) is 5.58 Å². The van der Waals surface area contributed by atoms with Crippen molar-refractivity contribution in [2.24, 2.45) is 0 Å². The molecule has 2 aliphatic carbocycles. The normalized spacial score (nSPS) is 14.0. The monoisotopic (exact) mass is 802 g/mol. The maximum Gasteiger partial charge on any atom is 0.180 e. The molecule has 0 spiro atoms. The van der Waals surface area contributed by atoms with Gasteiger partial charge in [-0.15, -0.1) is 0 Å². The highest BCUT2D eigenvalue weighted by Gasteiger charge is 2.47. The van der Waals surface area contributed by atoms with E-state index in [9.17, 15) is 0 Å². The summed E-state index contributed by atoms with van der Waals surface area (Å²) in [4.78, 5) is 9.82. The largest absolute Gasteiger partial charge is 0.452 e. The Bertz CT molecular complexity index is 3490. The Kier molecular flexibility index (Phi) is 7.73. The average molecular weight is 803 g/mol. The Hall–Kier alpha value is -8.14. The highest BCUT2D eigenvalue weighted by molar-refractivity contribution is 6.07. The first-order chi connectivity index (χ1) is 31.2. The summed E-state index contributed by atoms with van der Waals surface area (Å²) >= 11 is 0. The zero-order valence-electron chi connectivity index (χ0n) is 34.2. The summed E-state index contributed by atoms with van der Waals surface area (Å²) in [6.45, 7) is 0. The van der Waals surface area contributed by atoms with E-state index in [-0.39, 0.29) is 0 Å². The minimum Gasteiger partial charge on any atom is -0.452 e. The van der Waals surface area contributed by atoms with Crippen LogP contribution in [0, 0.1) is 0 Å². The van der Waals surface area contributed by atoms with E-state index in [1.54, 1.807) is 6.33 Å². The lowest BCUT2D eigenvalue weighted by molar-refractivity contribution is 0.667. The van der Waals surface area contributed by atoms with Crippen LogP contribution in [-0.2, 0) is 10.8 Å². The van der Waals surface area contributed by atoms with Crippen LogP contribution < -0.4 is 0 Å². The van der Waals surface area contributed by atoms with Crippen molar-refractivity contribution in [1.82, 2.24) is 9.97 Å². The number of hydrogen-bond acceptors (Lipinski definition) is 3. The Morgan fingerprint density at radius 1 is 0.333 bits per heavy atom. The first kappa shape index (κ1) is 35.6. The molecule has 0 saturated heterocycles. The topological polar surface area (TPSA) is 38.9 Å². The quantitative estimate of drug-likeness (QED) is 0.168. The Morgan fingerprint density at radius 2 is 0.762 bits per heavy atom. The molecule has 0 atom stereocenters. The van der Waals surface area contributed by atoms with Crippen molar-refractivity contribution in [3.8, 4) is 44.6 Å². The molecular formula is C60H38N2O. The number of rotatable bonds is 6. The summed E-state index contributed by atoms with van der Waals surface area (Å²) in [6, 6.07) is 81.8. The molecule has 294 valence electrons. The van der Waals surface area contributed by atoms with Crippen molar-refractivity contribution in [2.45, 2.75) is 10.8 Å². The van der Waals surface area contributed by atoms with Crippen LogP contribution in [0.3, 0.4) is 0 Å². The van der Waals surface area contributed by atoms with Gasteiger partial charge in [-0.3, -0.25) is 0 Å². The van der Waals surface area contributed by atoms with Crippen molar-refractivity contribution in [3.63, 3.8) is 0 Å². The van der Waals surface area contributed by atoms with Crippen molar-refractivity contribution < 1.29 is 4.42 Å². The van der Waals surface area contributed by atoms with Crippen LogP contribution in [0.25, 0.3) is 66.7 Å². The second-order valence-electron chi connectivity index (χ2n) is 16.8. The Balaban J connectivity index is 0.957. The summed E-state index contributed by atoms with van der Waals surface area (Å²) in [5.74, 6) is 0. The molecule has 0 aliphatic heterocycles. The third kappa shape index (κ3) is 4.96. The maximum atomic E-state index is 6.75. The number of aromatic nitrogens is 2. The van der Waals surface area contributed by atoms with E-state index in [0.717, 1.165) is 38.9 Å². The van der Waals surface area contributed by atoms with Crippen molar-refractivity contribution in [2.75, 3.05) is 0 Å². The van der Waals surface area contributed by atoms with E-state index in [4.69, 9.17) is 14.4 Å². The summed E-state index contributed by atoms with van der Waals surface area (Å²) in [6.07, 6.45) is 1.68. The molecule has 0 bridgehead atoms. The zero-order valence-corrected chi connectivity index (χ0v) is 34.2. The summed E-state index contributed by atoms with van der Waals surface area (Å²) in [5.41, 5.74) is 20.4. The van der Waals surface area contributed by atoms with E-state index in [1.165, 1.54) is 66.8 Å². The number of furan rings is 1. The summed E-state index contributed by atoms with van der Waals surface area (Å²) in [5, 5.41) is 0.960. The van der Waals surface area contributed by atoms with Crippen LogP contribution in [0.5, 0.6) is 0 Å². The number of nitrogens with zero attached hydrogens (tertiary/aromatic N) is 2. The van der Waals surface area contributed by atoms with Gasteiger partial charge in [0.1, 0.15) is 23.1 Å². The molecule has 63 heavy (non-hydrogen) atoms. The van der Waals surface area contributed by atoms with Crippen LogP contribution in [0.15, 0.2) is 235 Å². The van der Waals surface area contributed by atoms with Crippen LogP contribution in [0.2, 0.25) is 0 Å². The second-order valence-corrected chi connectivity index (χ2v) is 16.8. The van der Waals surface area contributed by atoms with Gasteiger partial charge in [0.2, 0.25) is 0 Å². The lowest BCUT2D eigenvalue weighted by atomic mass is 9.67. The molecule has 0 saturated carbocycles. The van der Waals surface area contributed by atoms with Gasteiger partial charge in [0, 0.05) is 10.9 Å². The Labute approximate surface area is 365 Å². The fourth-order valence-corrected chi connectivity index (χ4v) is 11.2. The molecule has 0 N–H and O–H groups in total. The number of hydrogen-bond donors (Lipinski definition) is 0. The fourth-order valence-electron chi connectivity index (χ4n) is 11.2. The zero-order chi connectivity index (χ0) is 41.5. The molecule has 0 fully saturated rings. The minimum atomic E-state index is -0.518. The molecule has 11 aromatic rings. The number of benzene rings is 9. The number of fused-ring (bicyclic) bond motifs is 9. The molecule has 13 rings (SSSR count). The summed E-state index contributed by atoms with van der Waals surface area (Å²) < 4.78 is 6.75. The standard InChI is InChI=1S/C60H38N2O/c1-3-19-42(20-4-1)59(51-29-11-7-25-46(51)47-26-8-12-30-52(47)59)44-23-15-17-39(35-44)40-33-34-55-50(37-40)57-58(63-55)56(61-38-62-57)41-18-16-24-45(36-41)60(43-21-5-2-6-22-43)53-31-13-9-27-48(53)49-28-10-14-32-54(49)60/h1-38H. The molecular weight excluding hydrogens is 765 g/mol. The van der Waals surface area contributed by atoms with Gasteiger partial charge in [0.15, 0.2) is 5.58 Å². The van der Waals surface area contributed by atoms with Gasteiger partial charge >= 0.3 is 0 Å². The molecule has 9 aromatic carbocycles. The predicted octanol–water partition coefficient (Wildman–Crippen LogP) is 14.4. The van der Waals surface area contributed by atoms with E-state index in [1.807, 2.05) is 0 Å². The fraction of sp³-hybridized carbons (Fsp3) is 0.0333. The van der Waals surface area contributed by atoms with Gasteiger partial charge in [0.25, 0.3) is 0 Å². The Morgan fingerprint density at radius 3 is 1.29 bits per heavy atom. The molecule has 0 unspecified atom stereocenters. The van der Waals surface area contributed by atoms with E-state index >= 15 is 0 Å². The highest BCUT2D eigenvalue weighted by Crippen LogP contribution is 2.58. The maximum absolute atomic E-state index is 6.75.